The van der Waals surface area contributed by atoms with Crippen molar-refractivity contribution in [3.63, 3.8) is 0 Å². The quantitative estimate of drug-likeness (QED) is 0.293. The highest BCUT2D eigenvalue weighted by Crippen LogP contribution is 2.29. The largest absolute Gasteiger partial charge is 0.479 e. The Balaban J connectivity index is 1.40. The third-order valence-electron chi connectivity index (χ3n) is 6.40. The molecular weight excluding hydrogens is 468 g/mol. The zero-order valence-electron chi connectivity index (χ0n) is 21.7. The molecule has 2 aromatic carbocycles. The van der Waals surface area contributed by atoms with E-state index in [4.69, 9.17) is 18.9 Å². The maximum Gasteiger partial charge on any atom is 0.241 e. The Morgan fingerprint density at radius 3 is 2.41 bits per heavy atom. The summed E-state index contributed by atoms with van der Waals surface area (Å²) < 4.78 is 25.7. The Hall–Kier alpha value is -3.30. The summed E-state index contributed by atoms with van der Waals surface area (Å²) in [6.07, 6.45) is 3.64. The summed E-state index contributed by atoms with van der Waals surface area (Å²) >= 11 is 0. The van der Waals surface area contributed by atoms with Crippen molar-refractivity contribution in [3.8, 4) is 5.88 Å². The van der Waals surface area contributed by atoms with Crippen LogP contribution in [0, 0.1) is 0 Å². The van der Waals surface area contributed by atoms with Crippen LogP contribution in [-0.2, 0) is 40.6 Å². The highest BCUT2D eigenvalue weighted by Gasteiger charge is 2.34. The molecule has 2 aromatic heterocycles. The molecule has 3 heterocycles. The Labute approximate surface area is 217 Å². The minimum atomic E-state index is -0.560. The van der Waals surface area contributed by atoms with Gasteiger partial charge in [-0.1, -0.05) is 60.7 Å². The molecule has 1 atom stereocenters. The predicted molar refractivity (Wildman–Crippen MR) is 141 cm³/mol. The number of rotatable bonds is 11. The van der Waals surface area contributed by atoms with E-state index in [1.165, 1.54) is 5.56 Å². The maximum absolute atomic E-state index is 6.14. The average Bonchev–Trinajstić information content (AvgIpc) is 3.44. The van der Waals surface area contributed by atoms with Gasteiger partial charge in [0.15, 0.2) is 5.79 Å². The first-order valence-electron chi connectivity index (χ1n) is 12.6. The summed E-state index contributed by atoms with van der Waals surface area (Å²) in [5, 5.41) is 0. The fourth-order valence-electron chi connectivity index (χ4n) is 4.78. The van der Waals surface area contributed by atoms with Gasteiger partial charge in [-0.3, -0.25) is 4.90 Å². The zero-order valence-corrected chi connectivity index (χ0v) is 21.7. The number of benzene rings is 2. The molecule has 0 radical (unpaired) electrons. The van der Waals surface area contributed by atoms with E-state index in [2.05, 4.69) is 57.5 Å². The molecule has 0 saturated carbocycles. The van der Waals surface area contributed by atoms with Crippen molar-refractivity contribution in [2.45, 2.75) is 52.2 Å². The first kappa shape index (κ1) is 25.4. The molecule has 0 amide bonds. The normalized spacial score (nSPS) is 17.0. The molecule has 0 bridgehead atoms. The lowest BCUT2D eigenvalue weighted by atomic mass is 10.1. The molecule has 5 rings (SSSR count). The summed E-state index contributed by atoms with van der Waals surface area (Å²) in [7, 11) is 1.63. The van der Waals surface area contributed by atoms with E-state index in [1.54, 1.807) is 13.4 Å². The van der Waals surface area contributed by atoms with Crippen LogP contribution in [0.15, 0.2) is 73.2 Å². The van der Waals surface area contributed by atoms with Gasteiger partial charge in [0.25, 0.3) is 0 Å². The lowest BCUT2D eigenvalue weighted by molar-refractivity contribution is -0.140. The van der Waals surface area contributed by atoms with E-state index >= 15 is 0 Å². The molecular formula is C29H34N4O4. The van der Waals surface area contributed by atoms with E-state index in [9.17, 15) is 0 Å². The van der Waals surface area contributed by atoms with Gasteiger partial charge >= 0.3 is 0 Å². The second-order valence-corrected chi connectivity index (χ2v) is 9.77. The van der Waals surface area contributed by atoms with Crippen LogP contribution in [0.3, 0.4) is 0 Å². The highest BCUT2D eigenvalue weighted by molar-refractivity contribution is 5.83. The van der Waals surface area contributed by atoms with E-state index < -0.39 is 5.79 Å². The van der Waals surface area contributed by atoms with Crippen molar-refractivity contribution in [2.24, 2.45) is 0 Å². The lowest BCUT2D eigenvalue weighted by Gasteiger charge is -2.25. The summed E-state index contributed by atoms with van der Waals surface area (Å²) in [5.74, 6) is -0.0288. The topological polar surface area (TPSA) is 70.9 Å². The number of hydrogen-bond donors (Lipinski definition) is 0. The van der Waals surface area contributed by atoms with Crippen LogP contribution < -0.4 is 4.74 Å². The van der Waals surface area contributed by atoms with Crippen LogP contribution in [0.25, 0.3) is 11.0 Å². The smallest absolute Gasteiger partial charge is 0.241 e. The van der Waals surface area contributed by atoms with Gasteiger partial charge in [0.2, 0.25) is 5.88 Å². The fraction of sp³-hybridized carbons (Fsp3) is 0.379. The molecule has 0 aliphatic carbocycles. The Morgan fingerprint density at radius 2 is 1.73 bits per heavy atom. The minimum Gasteiger partial charge on any atom is -0.479 e. The molecule has 37 heavy (non-hydrogen) atoms. The monoisotopic (exact) mass is 502 g/mol. The number of ether oxygens (including phenoxy) is 4. The minimum absolute atomic E-state index is 0.00886. The van der Waals surface area contributed by atoms with Gasteiger partial charge in [-0.05, 0) is 25.0 Å². The molecule has 0 unspecified atom stereocenters. The number of nitrogens with zero attached hydrogens (tertiary/aromatic N) is 4. The van der Waals surface area contributed by atoms with Gasteiger partial charge in [0, 0.05) is 31.4 Å². The fourth-order valence-corrected chi connectivity index (χ4v) is 4.78. The van der Waals surface area contributed by atoms with Gasteiger partial charge < -0.3 is 23.5 Å². The van der Waals surface area contributed by atoms with Gasteiger partial charge in [-0.2, -0.15) is 4.98 Å². The molecule has 1 aliphatic heterocycles. The highest BCUT2D eigenvalue weighted by atomic mass is 16.7. The summed E-state index contributed by atoms with van der Waals surface area (Å²) in [6.45, 7) is 7.56. The van der Waals surface area contributed by atoms with Gasteiger partial charge in [-0.15, -0.1) is 0 Å². The number of methoxy groups -OCH3 is 1. The van der Waals surface area contributed by atoms with Crippen molar-refractivity contribution in [3.05, 3.63) is 89.9 Å². The van der Waals surface area contributed by atoms with Crippen LogP contribution >= 0.6 is 0 Å². The van der Waals surface area contributed by atoms with E-state index in [1.807, 2.05) is 42.7 Å². The number of aromatic nitrogens is 3. The van der Waals surface area contributed by atoms with E-state index in [0.29, 0.717) is 32.4 Å². The Bertz CT molecular complexity index is 1290. The number of hydrogen-bond acceptors (Lipinski definition) is 7. The predicted octanol–water partition coefficient (Wildman–Crippen LogP) is 4.77. The molecule has 8 nitrogen and oxygen atoms in total. The van der Waals surface area contributed by atoms with Crippen molar-refractivity contribution < 1.29 is 18.9 Å². The summed E-state index contributed by atoms with van der Waals surface area (Å²) in [5.41, 5.74) is 5.13. The molecule has 1 aliphatic rings. The second kappa shape index (κ2) is 11.4. The van der Waals surface area contributed by atoms with Crippen LogP contribution in [0.5, 0.6) is 5.88 Å². The SMILES string of the molecule is COc1ncnc2c(CN(Cc3ccccc3)C[C@H]3COC(C)(C)O3)cn(COCc3ccccc3)c12. The van der Waals surface area contributed by atoms with Crippen LogP contribution in [0.4, 0.5) is 0 Å². The molecule has 8 heteroatoms. The average molecular weight is 503 g/mol. The molecule has 0 N–H and O–H groups in total. The standard InChI is InChI=1S/C29H34N4O4/c1-29(2)36-19-25(37-29)17-32(14-22-10-6-4-7-11-22)15-24-16-33(21-35-18-23-12-8-5-9-13-23)27-26(24)30-20-31-28(27)34-3/h4-13,16,20,25H,14-15,17-19,21H2,1-3H3/t25-/m0/s1. The van der Waals surface area contributed by atoms with Gasteiger partial charge in [-0.25, -0.2) is 4.98 Å². The molecule has 0 spiro atoms. The van der Waals surface area contributed by atoms with Crippen molar-refractivity contribution in [2.75, 3.05) is 20.3 Å². The third-order valence-corrected chi connectivity index (χ3v) is 6.40. The Kier molecular flexibility index (Phi) is 7.81. The van der Waals surface area contributed by atoms with Crippen molar-refractivity contribution >= 4 is 11.0 Å². The van der Waals surface area contributed by atoms with Crippen molar-refractivity contribution in [1.82, 2.24) is 19.4 Å². The van der Waals surface area contributed by atoms with Crippen LogP contribution in [0.2, 0.25) is 0 Å². The van der Waals surface area contributed by atoms with Crippen LogP contribution in [0.1, 0.15) is 30.5 Å². The second-order valence-electron chi connectivity index (χ2n) is 9.77. The summed E-state index contributed by atoms with van der Waals surface area (Å²) in [4.78, 5) is 11.4. The number of fused-ring (bicyclic) bond motifs is 1. The Morgan fingerprint density at radius 1 is 1.00 bits per heavy atom. The first-order valence-corrected chi connectivity index (χ1v) is 12.6. The lowest BCUT2D eigenvalue weighted by Crippen LogP contribution is -2.34. The van der Waals surface area contributed by atoms with Crippen LogP contribution in [-0.4, -0.2) is 51.6 Å². The summed E-state index contributed by atoms with van der Waals surface area (Å²) in [6, 6.07) is 20.6. The van der Waals surface area contributed by atoms with Crippen molar-refractivity contribution in [1.29, 1.82) is 0 Å². The molecule has 4 aromatic rings. The first-order chi connectivity index (χ1) is 18.0. The zero-order chi connectivity index (χ0) is 25.7. The molecule has 1 saturated heterocycles. The van der Waals surface area contributed by atoms with E-state index in [0.717, 1.165) is 35.2 Å². The third kappa shape index (κ3) is 6.34. The van der Waals surface area contributed by atoms with Gasteiger partial charge in [0.05, 0.1) is 26.4 Å². The van der Waals surface area contributed by atoms with Gasteiger partial charge in [0.1, 0.15) is 24.1 Å². The molecule has 1 fully saturated rings. The molecule has 194 valence electrons. The van der Waals surface area contributed by atoms with E-state index in [-0.39, 0.29) is 6.10 Å². The maximum atomic E-state index is 6.14.